The number of halogens is 2. The van der Waals surface area contributed by atoms with Gasteiger partial charge in [0.05, 0.1) is 27.1 Å². The minimum absolute atomic E-state index is 0.0187. The minimum Gasteiger partial charge on any atom is -0.295 e. The Hall–Kier alpha value is -1.32. The number of benzene rings is 1. The van der Waals surface area contributed by atoms with E-state index in [1.54, 1.807) is 22.9 Å². The van der Waals surface area contributed by atoms with Gasteiger partial charge in [-0.25, -0.2) is 4.68 Å². The van der Waals surface area contributed by atoms with E-state index in [1.165, 1.54) is 6.92 Å². The molecule has 0 aliphatic rings. The molecule has 0 saturated carbocycles. The van der Waals surface area contributed by atoms with Gasteiger partial charge in [0, 0.05) is 5.56 Å². The summed E-state index contributed by atoms with van der Waals surface area (Å²) in [5.41, 5.74) is 2.87. The smallest absolute Gasteiger partial charge is 0.159 e. The zero-order valence-electron chi connectivity index (χ0n) is 10.3. The molecule has 0 aliphatic carbocycles. The number of hydrogen-bond acceptors (Lipinski definition) is 2. The number of rotatable bonds is 2. The molecule has 2 rings (SSSR count). The van der Waals surface area contributed by atoms with Crippen molar-refractivity contribution in [3.8, 4) is 5.69 Å². The summed E-state index contributed by atoms with van der Waals surface area (Å²) in [6, 6.07) is 5.15. The number of aromatic nitrogens is 2. The average molecular weight is 283 g/mol. The van der Waals surface area contributed by atoms with Gasteiger partial charge in [0.2, 0.25) is 0 Å². The Morgan fingerprint density at radius 3 is 2.39 bits per heavy atom. The maximum absolute atomic E-state index is 11.3. The lowest BCUT2D eigenvalue weighted by atomic mass is 10.1. The van der Waals surface area contributed by atoms with Gasteiger partial charge in [-0.2, -0.15) is 5.10 Å². The molecule has 0 spiro atoms. The Morgan fingerprint density at radius 2 is 1.94 bits per heavy atom. The van der Waals surface area contributed by atoms with E-state index >= 15 is 0 Å². The summed E-state index contributed by atoms with van der Waals surface area (Å²) in [7, 11) is 0. The van der Waals surface area contributed by atoms with Crippen LogP contribution in [0.1, 0.15) is 28.7 Å². The number of carbonyl (C=O) groups is 1. The van der Waals surface area contributed by atoms with Gasteiger partial charge in [-0.1, -0.05) is 23.2 Å². The van der Waals surface area contributed by atoms with Gasteiger partial charge in [-0.05, 0) is 39.0 Å². The van der Waals surface area contributed by atoms with Gasteiger partial charge in [-0.3, -0.25) is 4.79 Å². The van der Waals surface area contributed by atoms with E-state index in [4.69, 9.17) is 23.2 Å². The number of aryl methyl sites for hydroxylation is 1. The summed E-state index contributed by atoms with van der Waals surface area (Å²) in [5.74, 6) is -0.0187. The maximum Gasteiger partial charge on any atom is 0.159 e. The van der Waals surface area contributed by atoms with Crippen LogP contribution < -0.4 is 0 Å². The first-order valence-corrected chi connectivity index (χ1v) is 6.20. The molecular weight excluding hydrogens is 271 g/mol. The van der Waals surface area contributed by atoms with Crippen LogP contribution in [0.15, 0.2) is 18.2 Å². The first-order chi connectivity index (χ1) is 8.41. The van der Waals surface area contributed by atoms with Gasteiger partial charge in [0.15, 0.2) is 5.78 Å². The molecule has 0 radical (unpaired) electrons. The molecule has 0 unspecified atom stereocenters. The SMILES string of the molecule is CC(=O)c1ccc(-n2nc(C)c(Cl)c2C)c(Cl)c1. The molecule has 0 saturated heterocycles. The molecule has 0 N–H and O–H groups in total. The van der Waals surface area contributed by atoms with Crippen molar-refractivity contribution in [1.29, 1.82) is 0 Å². The van der Waals surface area contributed by atoms with Crippen molar-refractivity contribution < 1.29 is 4.79 Å². The van der Waals surface area contributed by atoms with Gasteiger partial charge in [0.25, 0.3) is 0 Å². The van der Waals surface area contributed by atoms with Crippen molar-refractivity contribution in [2.75, 3.05) is 0 Å². The molecule has 1 heterocycles. The number of nitrogens with zero attached hydrogens (tertiary/aromatic N) is 2. The Morgan fingerprint density at radius 1 is 1.28 bits per heavy atom. The van der Waals surface area contributed by atoms with E-state index in [1.807, 2.05) is 13.8 Å². The summed E-state index contributed by atoms with van der Waals surface area (Å²) >= 11 is 12.3. The molecule has 5 heteroatoms. The highest BCUT2D eigenvalue weighted by molar-refractivity contribution is 6.33. The lowest BCUT2D eigenvalue weighted by Crippen LogP contribution is -2.01. The number of hydrogen-bond donors (Lipinski definition) is 0. The summed E-state index contributed by atoms with van der Waals surface area (Å²) in [4.78, 5) is 11.3. The molecule has 1 aromatic carbocycles. The molecule has 0 bridgehead atoms. The Balaban J connectivity index is 2.58. The summed E-state index contributed by atoms with van der Waals surface area (Å²) in [6.45, 7) is 5.22. The quantitative estimate of drug-likeness (QED) is 0.781. The topological polar surface area (TPSA) is 34.9 Å². The predicted octanol–water partition coefficient (Wildman–Crippen LogP) is 4.00. The third-order valence-electron chi connectivity index (χ3n) is 2.79. The highest BCUT2D eigenvalue weighted by Crippen LogP contribution is 2.27. The minimum atomic E-state index is -0.0187. The number of Topliss-reactive ketones (excluding diaryl/α,β-unsaturated/α-hetero) is 1. The van der Waals surface area contributed by atoms with Crippen molar-refractivity contribution in [2.45, 2.75) is 20.8 Å². The first-order valence-electron chi connectivity index (χ1n) is 5.44. The van der Waals surface area contributed by atoms with Crippen LogP contribution in [0.5, 0.6) is 0 Å². The van der Waals surface area contributed by atoms with Crippen molar-refractivity contribution in [2.24, 2.45) is 0 Å². The highest BCUT2D eigenvalue weighted by atomic mass is 35.5. The third-order valence-corrected chi connectivity index (χ3v) is 3.64. The van der Waals surface area contributed by atoms with Gasteiger partial charge < -0.3 is 0 Å². The third kappa shape index (κ3) is 2.16. The fraction of sp³-hybridized carbons (Fsp3) is 0.231. The average Bonchev–Trinajstić information content (AvgIpc) is 2.57. The van der Waals surface area contributed by atoms with Crippen LogP contribution in [0.25, 0.3) is 5.69 Å². The van der Waals surface area contributed by atoms with Crippen LogP contribution in [-0.2, 0) is 0 Å². The van der Waals surface area contributed by atoms with Crippen molar-refractivity contribution in [1.82, 2.24) is 9.78 Å². The Kier molecular flexibility index (Phi) is 3.46. The van der Waals surface area contributed by atoms with E-state index in [-0.39, 0.29) is 5.78 Å². The van der Waals surface area contributed by atoms with E-state index in [9.17, 15) is 4.79 Å². The van der Waals surface area contributed by atoms with Crippen LogP contribution in [0.3, 0.4) is 0 Å². The Bertz CT molecular complexity index is 632. The van der Waals surface area contributed by atoms with Gasteiger partial charge in [-0.15, -0.1) is 0 Å². The van der Waals surface area contributed by atoms with Crippen LogP contribution in [-0.4, -0.2) is 15.6 Å². The zero-order chi connectivity index (χ0) is 13.4. The van der Waals surface area contributed by atoms with E-state index in [0.29, 0.717) is 21.3 Å². The fourth-order valence-corrected chi connectivity index (χ4v) is 2.13. The van der Waals surface area contributed by atoms with Crippen LogP contribution in [0, 0.1) is 13.8 Å². The molecule has 1 aromatic heterocycles. The molecule has 0 aliphatic heterocycles. The van der Waals surface area contributed by atoms with E-state index < -0.39 is 0 Å². The number of ketones is 1. The Labute approximate surface area is 115 Å². The first kappa shape index (κ1) is 13.1. The van der Waals surface area contributed by atoms with Gasteiger partial charge >= 0.3 is 0 Å². The molecule has 3 nitrogen and oxygen atoms in total. The molecule has 0 fully saturated rings. The van der Waals surface area contributed by atoms with Crippen molar-refractivity contribution >= 4 is 29.0 Å². The zero-order valence-corrected chi connectivity index (χ0v) is 11.8. The van der Waals surface area contributed by atoms with Crippen LogP contribution in [0.2, 0.25) is 10.0 Å². The summed E-state index contributed by atoms with van der Waals surface area (Å²) < 4.78 is 1.68. The molecular formula is C13H12Cl2N2O. The van der Waals surface area contributed by atoms with Crippen LogP contribution >= 0.6 is 23.2 Å². The fourth-order valence-electron chi connectivity index (χ4n) is 1.76. The second-order valence-corrected chi connectivity index (χ2v) is 4.90. The molecule has 94 valence electrons. The number of carbonyl (C=O) groups excluding carboxylic acids is 1. The summed E-state index contributed by atoms with van der Waals surface area (Å²) in [5, 5.41) is 5.43. The lowest BCUT2D eigenvalue weighted by Gasteiger charge is -2.07. The second-order valence-electron chi connectivity index (χ2n) is 4.12. The molecule has 2 aromatic rings. The maximum atomic E-state index is 11.3. The molecule has 0 amide bonds. The summed E-state index contributed by atoms with van der Waals surface area (Å²) in [6.07, 6.45) is 0. The van der Waals surface area contributed by atoms with Crippen molar-refractivity contribution in [3.63, 3.8) is 0 Å². The predicted molar refractivity (Wildman–Crippen MR) is 73.1 cm³/mol. The van der Waals surface area contributed by atoms with E-state index in [2.05, 4.69) is 5.10 Å². The monoisotopic (exact) mass is 282 g/mol. The van der Waals surface area contributed by atoms with Gasteiger partial charge in [0.1, 0.15) is 0 Å². The van der Waals surface area contributed by atoms with E-state index in [0.717, 1.165) is 11.4 Å². The normalized spacial score (nSPS) is 10.7. The highest BCUT2D eigenvalue weighted by Gasteiger charge is 2.13. The second kappa shape index (κ2) is 4.75. The van der Waals surface area contributed by atoms with Crippen molar-refractivity contribution in [3.05, 3.63) is 45.2 Å². The molecule has 0 atom stereocenters. The molecule has 18 heavy (non-hydrogen) atoms. The van der Waals surface area contributed by atoms with Crippen LogP contribution in [0.4, 0.5) is 0 Å². The standard InChI is InChI=1S/C13H12Cl2N2O/c1-7-13(15)8(2)17(16-7)12-5-4-10(9(3)18)6-11(12)14/h4-6H,1-3H3. The lowest BCUT2D eigenvalue weighted by molar-refractivity contribution is 0.101. The largest absolute Gasteiger partial charge is 0.295 e.